The molecule has 0 amide bonds. The van der Waals surface area contributed by atoms with Gasteiger partial charge in [-0.2, -0.15) is 0 Å². The molecule has 0 radical (unpaired) electrons. The molecule has 1 aliphatic heterocycles. The largest absolute Gasteiger partial charge is 0.491 e. The van der Waals surface area contributed by atoms with Crippen LogP contribution in [0.2, 0.25) is 5.02 Å². The van der Waals surface area contributed by atoms with Gasteiger partial charge in [-0.05, 0) is 18.6 Å². The second-order valence-corrected chi connectivity index (χ2v) is 4.71. The lowest BCUT2D eigenvalue weighted by Crippen LogP contribution is -2.44. The number of piperazine rings is 1. The smallest absolute Gasteiger partial charge is 0.138 e. The standard InChI is InChI=1S/C13H19ClN2O/c1-11-3-2-4-12(13(11)14)17-10-9-16-7-5-15-6-8-16/h2-4,15H,5-10H2,1H3. The van der Waals surface area contributed by atoms with Gasteiger partial charge in [0.1, 0.15) is 12.4 Å². The Bertz CT molecular complexity index is 364. The highest BCUT2D eigenvalue weighted by atomic mass is 35.5. The van der Waals surface area contributed by atoms with E-state index in [4.69, 9.17) is 16.3 Å². The van der Waals surface area contributed by atoms with E-state index in [2.05, 4.69) is 10.2 Å². The van der Waals surface area contributed by atoms with Crippen LogP contribution in [-0.4, -0.2) is 44.2 Å². The Hall–Kier alpha value is -0.770. The first-order chi connectivity index (χ1) is 8.27. The van der Waals surface area contributed by atoms with Gasteiger partial charge in [0.25, 0.3) is 0 Å². The predicted octanol–water partition coefficient (Wildman–Crippen LogP) is 1.93. The van der Waals surface area contributed by atoms with E-state index in [1.807, 2.05) is 25.1 Å². The van der Waals surface area contributed by atoms with Crippen molar-refractivity contribution in [2.45, 2.75) is 6.92 Å². The van der Waals surface area contributed by atoms with E-state index < -0.39 is 0 Å². The summed E-state index contributed by atoms with van der Waals surface area (Å²) in [5.74, 6) is 0.793. The van der Waals surface area contributed by atoms with E-state index in [1.165, 1.54) is 0 Å². The summed E-state index contributed by atoms with van der Waals surface area (Å²) in [4.78, 5) is 2.40. The van der Waals surface area contributed by atoms with E-state index in [0.717, 1.165) is 49.1 Å². The summed E-state index contributed by atoms with van der Waals surface area (Å²) in [5.41, 5.74) is 1.06. The number of aryl methyl sites for hydroxylation is 1. The molecule has 1 aromatic carbocycles. The van der Waals surface area contributed by atoms with Crippen LogP contribution in [0.15, 0.2) is 18.2 Å². The number of ether oxygens (including phenoxy) is 1. The fourth-order valence-corrected chi connectivity index (χ4v) is 2.13. The fourth-order valence-electron chi connectivity index (χ4n) is 1.95. The zero-order chi connectivity index (χ0) is 12.1. The molecule has 1 fully saturated rings. The van der Waals surface area contributed by atoms with E-state index in [0.29, 0.717) is 6.61 Å². The van der Waals surface area contributed by atoms with E-state index >= 15 is 0 Å². The quantitative estimate of drug-likeness (QED) is 0.889. The molecule has 0 saturated carbocycles. The minimum atomic E-state index is 0.698. The van der Waals surface area contributed by atoms with E-state index in [-0.39, 0.29) is 0 Å². The molecule has 94 valence electrons. The van der Waals surface area contributed by atoms with Crippen molar-refractivity contribution in [3.8, 4) is 5.75 Å². The molecule has 2 rings (SSSR count). The Labute approximate surface area is 108 Å². The zero-order valence-electron chi connectivity index (χ0n) is 10.2. The van der Waals surface area contributed by atoms with Crippen LogP contribution in [0, 0.1) is 6.92 Å². The maximum atomic E-state index is 6.17. The van der Waals surface area contributed by atoms with Gasteiger partial charge in [0.15, 0.2) is 0 Å². The SMILES string of the molecule is Cc1cccc(OCCN2CCNCC2)c1Cl. The van der Waals surface area contributed by atoms with Gasteiger partial charge in [0, 0.05) is 32.7 Å². The lowest BCUT2D eigenvalue weighted by atomic mass is 10.2. The lowest BCUT2D eigenvalue weighted by molar-refractivity contribution is 0.191. The average Bonchev–Trinajstić information content (AvgIpc) is 2.36. The molecular formula is C13H19ClN2O. The second-order valence-electron chi connectivity index (χ2n) is 4.33. The predicted molar refractivity (Wildman–Crippen MR) is 71.0 cm³/mol. The maximum Gasteiger partial charge on any atom is 0.138 e. The molecule has 1 N–H and O–H groups in total. The monoisotopic (exact) mass is 254 g/mol. The highest BCUT2D eigenvalue weighted by Gasteiger charge is 2.09. The van der Waals surface area contributed by atoms with Crippen molar-refractivity contribution < 1.29 is 4.74 Å². The van der Waals surface area contributed by atoms with Crippen molar-refractivity contribution in [1.82, 2.24) is 10.2 Å². The highest BCUT2D eigenvalue weighted by Crippen LogP contribution is 2.27. The lowest BCUT2D eigenvalue weighted by Gasteiger charge is -2.27. The zero-order valence-corrected chi connectivity index (χ0v) is 11.0. The van der Waals surface area contributed by atoms with Gasteiger partial charge in [-0.3, -0.25) is 4.90 Å². The highest BCUT2D eigenvalue weighted by molar-refractivity contribution is 6.32. The van der Waals surface area contributed by atoms with Crippen LogP contribution in [0.1, 0.15) is 5.56 Å². The van der Waals surface area contributed by atoms with E-state index in [1.54, 1.807) is 0 Å². The third-order valence-corrected chi connectivity index (χ3v) is 3.52. The maximum absolute atomic E-state index is 6.17. The summed E-state index contributed by atoms with van der Waals surface area (Å²) in [6.07, 6.45) is 0. The normalized spacial score (nSPS) is 17.1. The third kappa shape index (κ3) is 3.60. The first-order valence-electron chi connectivity index (χ1n) is 6.08. The third-order valence-electron chi connectivity index (χ3n) is 3.03. The number of halogens is 1. The first kappa shape index (κ1) is 12.7. The van der Waals surface area contributed by atoms with Crippen molar-refractivity contribution in [2.24, 2.45) is 0 Å². The van der Waals surface area contributed by atoms with Gasteiger partial charge in [-0.15, -0.1) is 0 Å². The van der Waals surface area contributed by atoms with Crippen LogP contribution in [0.3, 0.4) is 0 Å². The van der Waals surface area contributed by atoms with Crippen molar-refractivity contribution >= 4 is 11.6 Å². The number of nitrogens with one attached hydrogen (secondary N) is 1. The molecule has 17 heavy (non-hydrogen) atoms. The van der Waals surface area contributed by atoms with Gasteiger partial charge in [0.2, 0.25) is 0 Å². The van der Waals surface area contributed by atoms with E-state index in [9.17, 15) is 0 Å². The number of rotatable bonds is 4. The van der Waals surface area contributed by atoms with Gasteiger partial charge in [-0.1, -0.05) is 23.7 Å². The first-order valence-corrected chi connectivity index (χ1v) is 6.46. The molecule has 1 saturated heterocycles. The Kier molecular flexibility index (Phi) is 4.66. The van der Waals surface area contributed by atoms with Gasteiger partial charge >= 0.3 is 0 Å². The average molecular weight is 255 g/mol. The molecule has 0 atom stereocenters. The molecule has 0 bridgehead atoms. The van der Waals surface area contributed by atoms with Crippen LogP contribution in [0.5, 0.6) is 5.75 Å². The van der Waals surface area contributed by atoms with Crippen molar-refractivity contribution in [1.29, 1.82) is 0 Å². The second kappa shape index (κ2) is 6.24. The molecule has 4 heteroatoms. The number of nitrogens with zero attached hydrogens (tertiary/aromatic N) is 1. The molecule has 0 aliphatic carbocycles. The van der Waals surface area contributed by atoms with Gasteiger partial charge < -0.3 is 10.1 Å². The minimum absolute atomic E-state index is 0.698. The number of hydrogen-bond donors (Lipinski definition) is 1. The van der Waals surface area contributed by atoms with Crippen LogP contribution in [0.25, 0.3) is 0 Å². The Morgan fingerprint density at radius 1 is 1.35 bits per heavy atom. The topological polar surface area (TPSA) is 24.5 Å². The number of hydrogen-bond acceptors (Lipinski definition) is 3. The number of benzene rings is 1. The summed E-state index contributed by atoms with van der Waals surface area (Å²) in [5, 5.41) is 4.07. The van der Waals surface area contributed by atoms with Gasteiger partial charge in [-0.25, -0.2) is 0 Å². The summed E-state index contributed by atoms with van der Waals surface area (Å²) in [6.45, 7) is 8.01. The van der Waals surface area contributed by atoms with Crippen molar-refractivity contribution in [3.63, 3.8) is 0 Å². The van der Waals surface area contributed by atoms with Gasteiger partial charge in [0.05, 0.1) is 5.02 Å². The Balaban J connectivity index is 1.79. The van der Waals surface area contributed by atoms with Crippen molar-refractivity contribution in [2.75, 3.05) is 39.3 Å². The van der Waals surface area contributed by atoms with Crippen LogP contribution in [-0.2, 0) is 0 Å². The molecular weight excluding hydrogens is 236 g/mol. The Morgan fingerprint density at radius 3 is 2.88 bits per heavy atom. The van der Waals surface area contributed by atoms with Crippen molar-refractivity contribution in [3.05, 3.63) is 28.8 Å². The molecule has 1 aliphatic rings. The fraction of sp³-hybridized carbons (Fsp3) is 0.538. The molecule has 3 nitrogen and oxygen atoms in total. The van der Waals surface area contributed by atoms with Crippen LogP contribution >= 0.6 is 11.6 Å². The molecule has 0 aromatic heterocycles. The van der Waals surface area contributed by atoms with Crippen LogP contribution in [0.4, 0.5) is 0 Å². The molecule has 0 spiro atoms. The Morgan fingerprint density at radius 2 is 2.12 bits per heavy atom. The summed E-state index contributed by atoms with van der Waals surface area (Å²) in [6, 6.07) is 5.89. The summed E-state index contributed by atoms with van der Waals surface area (Å²) >= 11 is 6.17. The molecule has 1 heterocycles. The molecule has 0 unspecified atom stereocenters. The van der Waals surface area contributed by atoms with Crippen LogP contribution < -0.4 is 10.1 Å². The minimum Gasteiger partial charge on any atom is -0.491 e. The summed E-state index contributed by atoms with van der Waals surface area (Å²) < 4.78 is 5.73. The molecule has 1 aromatic rings. The summed E-state index contributed by atoms with van der Waals surface area (Å²) in [7, 11) is 0.